The van der Waals surface area contributed by atoms with E-state index in [9.17, 15) is 0 Å². The number of nitrogens with zero attached hydrogens (tertiary/aromatic N) is 1. The highest BCUT2D eigenvalue weighted by Gasteiger charge is 2.13. The minimum Gasteiger partial charge on any atom is -0.496 e. The van der Waals surface area contributed by atoms with Crippen LogP contribution in [0.15, 0.2) is 18.3 Å². The number of aromatic nitrogens is 1. The van der Waals surface area contributed by atoms with Crippen molar-refractivity contribution in [1.29, 1.82) is 0 Å². The minimum atomic E-state index is 0.00295. The molecule has 0 bridgehead atoms. The Hall–Kier alpha value is -1.59. The zero-order chi connectivity index (χ0) is 13.1. The largest absolute Gasteiger partial charge is 0.496 e. The van der Waals surface area contributed by atoms with E-state index < -0.39 is 0 Å². The molecule has 4 nitrogen and oxygen atoms in total. The number of benzene rings is 1. The molecule has 1 N–H and O–H groups in total. The number of hydrogen-bond acceptors (Lipinski definition) is 5. The monoisotopic (exact) mass is 265 g/mol. The summed E-state index contributed by atoms with van der Waals surface area (Å²) in [7, 11) is 3.27. The molecule has 2 aromatic rings. The molecule has 0 fully saturated rings. The summed E-state index contributed by atoms with van der Waals surface area (Å²) in [5.74, 6) is 1.55. The Bertz CT molecular complexity index is 551. The summed E-state index contributed by atoms with van der Waals surface area (Å²) in [6.07, 6.45) is 1.67. The van der Waals surface area contributed by atoms with E-state index >= 15 is 0 Å². The highest BCUT2D eigenvalue weighted by atomic mass is 32.1. The first-order chi connectivity index (χ1) is 8.69. The van der Waals surface area contributed by atoms with Crippen molar-refractivity contribution in [3.8, 4) is 22.1 Å². The van der Waals surface area contributed by atoms with Crippen LogP contribution in [0.3, 0.4) is 0 Å². The average Bonchev–Trinajstić information content (AvgIpc) is 2.87. The van der Waals surface area contributed by atoms with Gasteiger partial charge in [-0.15, -0.1) is 11.3 Å². The first-order valence-electron chi connectivity index (χ1n) is 5.48. The first-order valence-corrected chi connectivity index (χ1v) is 6.29. The third-order valence-corrected chi connectivity index (χ3v) is 3.67. The van der Waals surface area contributed by atoms with Crippen molar-refractivity contribution in [2.24, 2.45) is 0 Å². The summed E-state index contributed by atoms with van der Waals surface area (Å²) >= 11 is 1.44. The maximum absolute atomic E-state index is 9.08. The van der Waals surface area contributed by atoms with E-state index in [-0.39, 0.29) is 6.61 Å². The SMILES string of the molecule is COc1cc(-c2ncc(CO)s2)c(OC)cc1C. The van der Waals surface area contributed by atoms with Gasteiger partial charge in [-0.2, -0.15) is 0 Å². The van der Waals surface area contributed by atoms with Crippen LogP contribution in [0.4, 0.5) is 0 Å². The van der Waals surface area contributed by atoms with Crippen LogP contribution in [0.2, 0.25) is 0 Å². The summed E-state index contributed by atoms with van der Waals surface area (Å²) in [4.78, 5) is 5.12. The van der Waals surface area contributed by atoms with Crippen LogP contribution in [-0.4, -0.2) is 24.3 Å². The smallest absolute Gasteiger partial charge is 0.129 e. The van der Waals surface area contributed by atoms with Crippen LogP contribution >= 0.6 is 11.3 Å². The lowest BCUT2D eigenvalue weighted by Crippen LogP contribution is -1.93. The number of aliphatic hydroxyl groups is 1. The third-order valence-electron chi connectivity index (χ3n) is 2.66. The molecule has 1 heterocycles. The lowest BCUT2D eigenvalue weighted by molar-refractivity contribution is 0.285. The Kier molecular flexibility index (Phi) is 3.84. The topological polar surface area (TPSA) is 51.6 Å². The Balaban J connectivity index is 2.54. The number of ether oxygens (including phenoxy) is 2. The van der Waals surface area contributed by atoms with Gasteiger partial charge < -0.3 is 14.6 Å². The number of aliphatic hydroxyl groups excluding tert-OH is 1. The number of hydrogen-bond donors (Lipinski definition) is 1. The molecule has 0 unspecified atom stereocenters. The van der Waals surface area contributed by atoms with Gasteiger partial charge in [-0.05, 0) is 24.6 Å². The van der Waals surface area contributed by atoms with Crippen molar-refractivity contribution >= 4 is 11.3 Å². The fraction of sp³-hybridized carbons (Fsp3) is 0.308. The predicted octanol–water partition coefficient (Wildman–Crippen LogP) is 2.63. The highest BCUT2D eigenvalue weighted by molar-refractivity contribution is 7.15. The molecule has 0 radical (unpaired) electrons. The van der Waals surface area contributed by atoms with Gasteiger partial charge in [-0.1, -0.05) is 0 Å². The molecule has 1 aromatic carbocycles. The van der Waals surface area contributed by atoms with Gasteiger partial charge in [0.1, 0.15) is 16.5 Å². The van der Waals surface area contributed by atoms with Crippen LogP contribution in [0.25, 0.3) is 10.6 Å². The van der Waals surface area contributed by atoms with E-state index in [0.29, 0.717) is 0 Å². The summed E-state index contributed by atoms with van der Waals surface area (Å²) in [5, 5.41) is 9.90. The van der Waals surface area contributed by atoms with Gasteiger partial charge in [0.05, 0.1) is 31.3 Å². The lowest BCUT2D eigenvalue weighted by atomic mass is 10.1. The standard InChI is InChI=1S/C13H15NO3S/c1-8-4-12(17-3)10(5-11(8)16-2)13-14-6-9(7-15)18-13/h4-6,15H,7H2,1-3H3. The predicted molar refractivity (Wildman–Crippen MR) is 71.3 cm³/mol. The molecule has 0 saturated heterocycles. The second-order valence-electron chi connectivity index (χ2n) is 3.81. The molecule has 0 aliphatic rings. The van der Waals surface area contributed by atoms with Crippen molar-refractivity contribution in [3.63, 3.8) is 0 Å². The van der Waals surface area contributed by atoms with E-state index in [2.05, 4.69) is 4.98 Å². The van der Waals surface area contributed by atoms with Crippen LogP contribution in [0, 0.1) is 6.92 Å². The van der Waals surface area contributed by atoms with Gasteiger partial charge in [0.15, 0.2) is 0 Å². The number of rotatable bonds is 4. The summed E-state index contributed by atoms with van der Waals surface area (Å²) < 4.78 is 10.7. The van der Waals surface area contributed by atoms with Gasteiger partial charge in [0, 0.05) is 6.20 Å². The van der Waals surface area contributed by atoms with E-state index in [1.54, 1.807) is 20.4 Å². The van der Waals surface area contributed by atoms with Crippen LogP contribution in [0.1, 0.15) is 10.4 Å². The van der Waals surface area contributed by atoms with Crippen LogP contribution in [-0.2, 0) is 6.61 Å². The molecular weight excluding hydrogens is 250 g/mol. The van der Waals surface area contributed by atoms with Crippen molar-refractivity contribution in [2.45, 2.75) is 13.5 Å². The fourth-order valence-electron chi connectivity index (χ4n) is 1.72. The van der Waals surface area contributed by atoms with E-state index in [1.165, 1.54) is 11.3 Å². The normalized spacial score (nSPS) is 10.4. The molecule has 2 rings (SSSR count). The zero-order valence-corrected chi connectivity index (χ0v) is 11.4. The Morgan fingerprint density at radius 2 is 1.94 bits per heavy atom. The van der Waals surface area contributed by atoms with Crippen LogP contribution in [0.5, 0.6) is 11.5 Å². The molecule has 5 heteroatoms. The number of methoxy groups -OCH3 is 2. The molecule has 0 aliphatic heterocycles. The Labute approximate surface area is 110 Å². The Morgan fingerprint density at radius 3 is 2.50 bits per heavy atom. The second kappa shape index (κ2) is 5.37. The molecule has 0 atom stereocenters. The Morgan fingerprint density at radius 1 is 1.22 bits per heavy atom. The van der Waals surface area contributed by atoms with Gasteiger partial charge in [-0.25, -0.2) is 4.98 Å². The molecule has 1 aromatic heterocycles. The summed E-state index contributed by atoms with van der Waals surface area (Å²) in [5.41, 5.74) is 1.89. The van der Waals surface area contributed by atoms with E-state index in [0.717, 1.165) is 32.5 Å². The van der Waals surface area contributed by atoms with Gasteiger partial charge in [-0.3, -0.25) is 0 Å². The molecule has 18 heavy (non-hydrogen) atoms. The van der Waals surface area contributed by atoms with Crippen LogP contribution < -0.4 is 9.47 Å². The molecular formula is C13H15NO3S. The first kappa shape index (κ1) is 12.9. The second-order valence-corrected chi connectivity index (χ2v) is 4.93. The van der Waals surface area contributed by atoms with Crippen molar-refractivity contribution < 1.29 is 14.6 Å². The van der Waals surface area contributed by atoms with Crippen molar-refractivity contribution in [3.05, 3.63) is 28.8 Å². The summed E-state index contributed by atoms with van der Waals surface area (Å²) in [6.45, 7) is 1.97. The molecule has 0 aliphatic carbocycles. The van der Waals surface area contributed by atoms with E-state index in [1.807, 2.05) is 19.1 Å². The quantitative estimate of drug-likeness (QED) is 0.923. The highest BCUT2D eigenvalue weighted by Crippen LogP contribution is 2.37. The van der Waals surface area contributed by atoms with E-state index in [4.69, 9.17) is 14.6 Å². The average molecular weight is 265 g/mol. The zero-order valence-electron chi connectivity index (χ0n) is 10.6. The third kappa shape index (κ3) is 2.32. The maximum atomic E-state index is 9.08. The lowest BCUT2D eigenvalue weighted by Gasteiger charge is -2.11. The molecule has 0 amide bonds. The van der Waals surface area contributed by atoms with Gasteiger partial charge >= 0.3 is 0 Å². The minimum absolute atomic E-state index is 0.00295. The van der Waals surface area contributed by atoms with Gasteiger partial charge in [0.2, 0.25) is 0 Å². The summed E-state index contributed by atoms with van der Waals surface area (Å²) in [6, 6.07) is 3.84. The van der Waals surface area contributed by atoms with Crippen molar-refractivity contribution in [1.82, 2.24) is 4.98 Å². The fourth-order valence-corrected chi connectivity index (χ4v) is 2.52. The number of aryl methyl sites for hydroxylation is 1. The molecule has 0 spiro atoms. The molecule has 96 valence electrons. The number of thiazole rings is 1. The van der Waals surface area contributed by atoms with Crippen molar-refractivity contribution in [2.75, 3.05) is 14.2 Å². The molecule has 0 saturated carbocycles. The maximum Gasteiger partial charge on any atom is 0.129 e. The van der Waals surface area contributed by atoms with Gasteiger partial charge in [0.25, 0.3) is 0 Å².